The molecule has 0 aliphatic carbocycles. The SMILES string of the molecule is CCOC(=O)C(N)(C(=O)OCC)c1cccc(OC)c1. The average Bonchev–Trinajstić information content (AvgIpc) is 2.46. The van der Waals surface area contributed by atoms with Gasteiger partial charge < -0.3 is 19.9 Å². The van der Waals surface area contributed by atoms with E-state index in [-0.39, 0.29) is 18.8 Å². The molecular weight excluding hydrogens is 262 g/mol. The topological polar surface area (TPSA) is 87.9 Å². The molecule has 0 saturated carbocycles. The first-order chi connectivity index (χ1) is 9.50. The second-order valence-corrected chi connectivity index (χ2v) is 3.98. The van der Waals surface area contributed by atoms with Gasteiger partial charge in [0.25, 0.3) is 0 Å². The number of esters is 2. The minimum atomic E-state index is -2.00. The number of hydrogen-bond donors (Lipinski definition) is 1. The summed E-state index contributed by atoms with van der Waals surface area (Å²) in [7, 11) is 1.48. The van der Waals surface area contributed by atoms with Crippen LogP contribution in [0.4, 0.5) is 0 Å². The van der Waals surface area contributed by atoms with Gasteiger partial charge >= 0.3 is 11.9 Å². The zero-order chi connectivity index (χ0) is 15.2. The molecule has 0 heterocycles. The summed E-state index contributed by atoms with van der Waals surface area (Å²) >= 11 is 0. The fraction of sp³-hybridized carbons (Fsp3) is 0.429. The largest absolute Gasteiger partial charge is 0.497 e. The molecular formula is C14H19NO5. The first-order valence-corrected chi connectivity index (χ1v) is 6.28. The van der Waals surface area contributed by atoms with Gasteiger partial charge in [-0.3, -0.25) is 0 Å². The molecule has 1 rings (SSSR count). The van der Waals surface area contributed by atoms with Crippen LogP contribution in [-0.2, 0) is 24.6 Å². The lowest BCUT2D eigenvalue weighted by Gasteiger charge is -2.25. The summed E-state index contributed by atoms with van der Waals surface area (Å²) in [5, 5.41) is 0. The van der Waals surface area contributed by atoms with Gasteiger partial charge in [-0.25, -0.2) is 9.59 Å². The number of carbonyl (C=O) groups excluding carboxylic acids is 2. The summed E-state index contributed by atoms with van der Waals surface area (Å²) in [5.74, 6) is -1.23. The first-order valence-electron chi connectivity index (χ1n) is 6.28. The summed E-state index contributed by atoms with van der Waals surface area (Å²) in [5.41, 5.74) is 4.26. The maximum Gasteiger partial charge on any atom is 0.342 e. The van der Waals surface area contributed by atoms with Crippen LogP contribution in [0, 0.1) is 0 Å². The molecule has 0 aromatic heterocycles. The molecule has 0 radical (unpaired) electrons. The highest BCUT2D eigenvalue weighted by atomic mass is 16.6. The third-order valence-corrected chi connectivity index (χ3v) is 2.72. The van der Waals surface area contributed by atoms with E-state index >= 15 is 0 Å². The third-order valence-electron chi connectivity index (χ3n) is 2.72. The van der Waals surface area contributed by atoms with Crippen molar-refractivity contribution in [2.45, 2.75) is 19.4 Å². The van der Waals surface area contributed by atoms with Crippen molar-refractivity contribution >= 4 is 11.9 Å². The van der Waals surface area contributed by atoms with Gasteiger partial charge in [0, 0.05) is 0 Å². The molecule has 1 aromatic rings. The van der Waals surface area contributed by atoms with E-state index in [2.05, 4.69) is 0 Å². The van der Waals surface area contributed by atoms with Crippen molar-refractivity contribution in [1.29, 1.82) is 0 Å². The highest BCUT2D eigenvalue weighted by molar-refractivity contribution is 6.05. The number of nitrogens with two attached hydrogens (primary N) is 1. The molecule has 20 heavy (non-hydrogen) atoms. The summed E-state index contributed by atoms with van der Waals surface area (Å²) in [4.78, 5) is 24.2. The van der Waals surface area contributed by atoms with Crippen molar-refractivity contribution in [3.63, 3.8) is 0 Å². The van der Waals surface area contributed by atoms with Gasteiger partial charge in [-0.15, -0.1) is 0 Å². The smallest absolute Gasteiger partial charge is 0.342 e. The second kappa shape index (κ2) is 6.91. The lowest BCUT2D eigenvalue weighted by Crippen LogP contribution is -2.53. The Labute approximate surface area is 117 Å². The minimum Gasteiger partial charge on any atom is -0.497 e. The van der Waals surface area contributed by atoms with Gasteiger partial charge in [0.2, 0.25) is 5.54 Å². The quantitative estimate of drug-likeness (QED) is 0.617. The van der Waals surface area contributed by atoms with E-state index in [1.54, 1.807) is 32.0 Å². The van der Waals surface area contributed by atoms with Crippen molar-refractivity contribution < 1.29 is 23.8 Å². The predicted molar refractivity (Wildman–Crippen MR) is 72.1 cm³/mol. The number of rotatable bonds is 6. The lowest BCUT2D eigenvalue weighted by atomic mass is 9.91. The van der Waals surface area contributed by atoms with E-state index in [1.165, 1.54) is 13.2 Å². The first kappa shape index (κ1) is 16.0. The molecule has 0 amide bonds. The van der Waals surface area contributed by atoms with E-state index in [1.807, 2.05) is 0 Å². The Hall–Kier alpha value is -2.08. The fourth-order valence-corrected chi connectivity index (χ4v) is 1.68. The van der Waals surface area contributed by atoms with Gasteiger partial charge in [0.05, 0.1) is 20.3 Å². The lowest BCUT2D eigenvalue weighted by molar-refractivity contribution is -0.164. The number of hydrogen-bond acceptors (Lipinski definition) is 6. The molecule has 2 N–H and O–H groups in total. The average molecular weight is 281 g/mol. The monoisotopic (exact) mass is 281 g/mol. The molecule has 0 saturated heterocycles. The number of benzene rings is 1. The van der Waals surface area contributed by atoms with E-state index in [0.29, 0.717) is 5.75 Å². The predicted octanol–water partition coefficient (Wildman–Crippen LogP) is 0.975. The normalized spacial score (nSPS) is 10.8. The molecule has 0 unspecified atom stereocenters. The molecule has 0 spiro atoms. The van der Waals surface area contributed by atoms with Crippen molar-refractivity contribution in [2.24, 2.45) is 5.73 Å². The Morgan fingerprint density at radius 1 is 1.15 bits per heavy atom. The van der Waals surface area contributed by atoms with Crippen LogP contribution in [0.1, 0.15) is 19.4 Å². The van der Waals surface area contributed by atoms with Crippen molar-refractivity contribution in [3.05, 3.63) is 29.8 Å². The molecule has 0 aliphatic heterocycles. The molecule has 0 atom stereocenters. The van der Waals surface area contributed by atoms with Gasteiger partial charge in [-0.1, -0.05) is 12.1 Å². The Bertz CT molecular complexity index is 468. The molecule has 6 nitrogen and oxygen atoms in total. The van der Waals surface area contributed by atoms with Crippen LogP contribution >= 0.6 is 0 Å². The van der Waals surface area contributed by atoms with Crippen LogP contribution in [0.2, 0.25) is 0 Å². The van der Waals surface area contributed by atoms with Crippen LogP contribution in [0.25, 0.3) is 0 Å². The Kier molecular flexibility index (Phi) is 5.52. The van der Waals surface area contributed by atoms with Crippen molar-refractivity contribution in [1.82, 2.24) is 0 Å². The van der Waals surface area contributed by atoms with Crippen LogP contribution in [-0.4, -0.2) is 32.3 Å². The zero-order valence-corrected chi connectivity index (χ0v) is 11.8. The maximum absolute atomic E-state index is 12.1. The van der Waals surface area contributed by atoms with Crippen molar-refractivity contribution in [2.75, 3.05) is 20.3 Å². The summed E-state index contributed by atoms with van der Waals surface area (Å²) < 4.78 is 14.9. The van der Waals surface area contributed by atoms with E-state index in [0.717, 1.165) is 0 Å². The van der Waals surface area contributed by atoms with Crippen LogP contribution in [0.15, 0.2) is 24.3 Å². The Balaban J connectivity index is 3.28. The molecule has 1 aromatic carbocycles. The highest BCUT2D eigenvalue weighted by Gasteiger charge is 2.47. The Morgan fingerprint density at radius 2 is 1.70 bits per heavy atom. The molecule has 110 valence electrons. The van der Waals surface area contributed by atoms with Crippen molar-refractivity contribution in [3.8, 4) is 5.75 Å². The number of methoxy groups -OCH3 is 1. The van der Waals surface area contributed by atoms with Gasteiger partial charge in [-0.2, -0.15) is 0 Å². The summed E-state index contributed by atoms with van der Waals surface area (Å²) in [6.45, 7) is 3.49. The van der Waals surface area contributed by atoms with Gasteiger partial charge in [0.1, 0.15) is 5.75 Å². The molecule has 0 fully saturated rings. The molecule has 0 aliphatic rings. The number of carbonyl (C=O) groups is 2. The van der Waals surface area contributed by atoms with Gasteiger partial charge in [-0.05, 0) is 31.5 Å². The van der Waals surface area contributed by atoms with E-state index in [4.69, 9.17) is 19.9 Å². The number of ether oxygens (including phenoxy) is 3. The maximum atomic E-state index is 12.1. The Morgan fingerprint density at radius 3 is 2.15 bits per heavy atom. The van der Waals surface area contributed by atoms with E-state index in [9.17, 15) is 9.59 Å². The third kappa shape index (κ3) is 3.08. The highest BCUT2D eigenvalue weighted by Crippen LogP contribution is 2.25. The zero-order valence-electron chi connectivity index (χ0n) is 11.8. The second-order valence-electron chi connectivity index (χ2n) is 3.98. The fourth-order valence-electron chi connectivity index (χ4n) is 1.68. The molecule has 0 bridgehead atoms. The molecule has 6 heteroatoms. The van der Waals surface area contributed by atoms with E-state index < -0.39 is 17.5 Å². The van der Waals surface area contributed by atoms with Gasteiger partial charge in [0.15, 0.2) is 0 Å². The van der Waals surface area contributed by atoms with Crippen LogP contribution in [0.3, 0.4) is 0 Å². The van der Waals surface area contributed by atoms with Crippen LogP contribution < -0.4 is 10.5 Å². The van der Waals surface area contributed by atoms with Crippen LogP contribution in [0.5, 0.6) is 5.75 Å². The minimum absolute atomic E-state index is 0.112. The standard InChI is InChI=1S/C14H19NO5/c1-4-19-12(16)14(15,13(17)20-5-2)10-7-6-8-11(9-10)18-3/h6-9H,4-5,15H2,1-3H3. The summed E-state index contributed by atoms with van der Waals surface area (Å²) in [6.07, 6.45) is 0. The summed E-state index contributed by atoms with van der Waals surface area (Å²) in [6, 6.07) is 6.37.